The smallest absolute Gasteiger partial charge is 0.188 e. The summed E-state index contributed by atoms with van der Waals surface area (Å²) in [4.78, 5) is 0. The third-order valence-electron chi connectivity index (χ3n) is 3.60. The van der Waals surface area contributed by atoms with E-state index in [1.165, 1.54) is 0 Å². The normalized spacial score (nSPS) is 13.8. The summed E-state index contributed by atoms with van der Waals surface area (Å²) >= 11 is 6.17. The standard InChI is InChI=1S/C16H17ClN2O3/c1-10-3-4-12(14(7-10)22-9-20-2)15-13-8-21-6-5-11(13)16(17)19-18-15/h3-4,7H,5-6,8-9H2,1-2H3. The van der Waals surface area contributed by atoms with Crippen LogP contribution in [0.1, 0.15) is 16.7 Å². The largest absolute Gasteiger partial charge is 0.467 e. The molecule has 0 unspecified atom stereocenters. The Kier molecular flexibility index (Phi) is 4.57. The molecule has 0 spiro atoms. The fourth-order valence-electron chi connectivity index (χ4n) is 2.52. The molecule has 3 rings (SSSR count). The van der Waals surface area contributed by atoms with Gasteiger partial charge in [0.2, 0.25) is 0 Å². The first-order valence-corrected chi connectivity index (χ1v) is 7.43. The average Bonchev–Trinajstić information content (AvgIpc) is 2.54. The monoisotopic (exact) mass is 320 g/mol. The van der Waals surface area contributed by atoms with E-state index in [2.05, 4.69) is 10.2 Å². The van der Waals surface area contributed by atoms with E-state index < -0.39 is 0 Å². The Morgan fingerprint density at radius 2 is 2.14 bits per heavy atom. The zero-order valence-electron chi connectivity index (χ0n) is 12.6. The van der Waals surface area contributed by atoms with Crippen molar-refractivity contribution in [3.8, 4) is 17.0 Å². The predicted molar refractivity (Wildman–Crippen MR) is 83.1 cm³/mol. The van der Waals surface area contributed by atoms with Gasteiger partial charge < -0.3 is 14.2 Å². The number of aryl methyl sites for hydroxylation is 1. The second-order valence-electron chi connectivity index (χ2n) is 5.15. The molecule has 1 aliphatic heterocycles. The van der Waals surface area contributed by atoms with Crippen LogP contribution in [0.5, 0.6) is 5.75 Å². The minimum atomic E-state index is 0.177. The van der Waals surface area contributed by atoms with E-state index in [9.17, 15) is 0 Å². The van der Waals surface area contributed by atoms with Crippen LogP contribution < -0.4 is 4.74 Å². The first-order chi connectivity index (χ1) is 10.7. The number of methoxy groups -OCH3 is 1. The summed E-state index contributed by atoms with van der Waals surface area (Å²) in [5.74, 6) is 0.714. The summed E-state index contributed by atoms with van der Waals surface area (Å²) in [6.45, 7) is 3.32. The molecule has 6 heteroatoms. The van der Waals surface area contributed by atoms with Crippen molar-refractivity contribution in [3.05, 3.63) is 40.0 Å². The fourth-order valence-corrected chi connectivity index (χ4v) is 2.77. The zero-order chi connectivity index (χ0) is 15.5. The third kappa shape index (κ3) is 2.92. The minimum absolute atomic E-state index is 0.177. The Hall–Kier alpha value is -1.69. The molecule has 1 aromatic heterocycles. The second kappa shape index (κ2) is 6.60. The molecule has 2 heterocycles. The maximum Gasteiger partial charge on any atom is 0.188 e. The Bertz CT molecular complexity index is 691. The molecule has 0 saturated carbocycles. The maximum atomic E-state index is 6.17. The lowest BCUT2D eigenvalue weighted by Gasteiger charge is -2.20. The number of ether oxygens (including phenoxy) is 3. The molecule has 0 atom stereocenters. The van der Waals surface area contributed by atoms with E-state index in [-0.39, 0.29) is 6.79 Å². The summed E-state index contributed by atoms with van der Waals surface area (Å²) in [5.41, 5.74) is 4.72. The van der Waals surface area contributed by atoms with Gasteiger partial charge in [-0.05, 0) is 31.0 Å². The topological polar surface area (TPSA) is 53.5 Å². The molecule has 116 valence electrons. The number of nitrogens with zero attached hydrogens (tertiary/aromatic N) is 2. The van der Waals surface area contributed by atoms with E-state index in [0.29, 0.717) is 24.1 Å². The molecule has 0 radical (unpaired) electrons. The quantitative estimate of drug-likeness (QED) is 0.810. The molecule has 0 aliphatic carbocycles. The predicted octanol–water partition coefficient (Wildman–Crippen LogP) is 3.16. The van der Waals surface area contributed by atoms with Crippen molar-refractivity contribution in [2.45, 2.75) is 20.0 Å². The lowest BCUT2D eigenvalue weighted by Crippen LogP contribution is -2.14. The molecule has 0 N–H and O–H groups in total. The van der Waals surface area contributed by atoms with E-state index in [1.54, 1.807) is 7.11 Å². The molecule has 0 bridgehead atoms. The van der Waals surface area contributed by atoms with Crippen LogP contribution in [0.25, 0.3) is 11.3 Å². The Morgan fingerprint density at radius 3 is 2.95 bits per heavy atom. The summed E-state index contributed by atoms with van der Waals surface area (Å²) in [6, 6.07) is 5.95. The van der Waals surface area contributed by atoms with E-state index in [1.807, 2.05) is 25.1 Å². The summed E-state index contributed by atoms with van der Waals surface area (Å²) in [7, 11) is 1.59. The van der Waals surface area contributed by atoms with Gasteiger partial charge in [-0.2, -0.15) is 0 Å². The molecule has 1 aromatic carbocycles. The first kappa shape index (κ1) is 15.2. The Labute approximate surface area is 134 Å². The molecule has 22 heavy (non-hydrogen) atoms. The molecular weight excluding hydrogens is 304 g/mol. The molecule has 5 nitrogen and oxygen atoms in total. The van der Waals surface area contributed by atoms with E-state index in [4.69, 9.17) is 25.8 Å². The lowest BCUT2D eigenvalue weighted by molar-refractivity contribution is 0.0514. The van der Waals surface area contributed by atoms with Crippen molar-refractivity contribution < 1.29 is 14.2 Å². The second-order valence-corrected chi connectivity index (χ2v) is 5.51. The molecule has 0 saturated heterocycles. The minimum Gasteiger partial charge on any atom is -0.467 e. The zero-order valence-corrected chi connectivity index (χ0v) is 13.3. The molecule has 2 aromatic rings. The number of benzene rings is 1. The summed E-state index contributed by atoms with van der Waals surface area (Å²) < 4.78 is 16.2. The van der Waals surface area contributed by atoms with Crippen LogP contribution >= 0.6 is 11.6 Å². The highest BCUT2D eigenvalue weighted by Crippen LogP contribution is 2.36. The van der Waals surface area contributed by atoms with Crippen molar-refractivity contribution in [3.63, 3.8) is 0 Å². The highest BCUT2D eigenvalue weighted by Gasteiger charge is 2.22. The molecule has 0 amide bonds. The number of aromatic nitrogens is 2. The Morgan fingerprint density at radius 1 is 1.27 bits per heavy atom. The number of rotatable bonds is 4. The van der Waals surface area contributed by atoms with Gasteiger partial charge in [0.05, 0.1) is 13.2 Å². The van der Waals surface area contributed by atoms with Gasteiger partial charge >= 0.3 is 0 Å². The Balaban J connectivity index is 2.11. The number of fused-ring (bicyclic) bond motifs is 1. The van der Waals surface area contributed by atoms with Gasteiger partial charge in [-0.25, -0.2) is 0 Å². The van der Waals surface area contributed by atoms with E-state index >= 15 is 0 Å². The van der Waals surface area contributed by atoms with Crippen LogP contribution in [0.15, 0.2) is 18.2 Å². The maximum absolute atomic E-state index is 6.17. The molecule has 1 aliphatic rings. The fraction of sp³-hybridized carbons (Fsp3) is 0.375. The third-order valence-corrected chi connectivity index (χ3v) is 3.91. The van der Waals surface area contributed by atoms with Crippen molar-refractivity contribution in [2.24, 2.45) is 0 Å². The average molecular weight is 321 g/mol. The van der Waals surface area contributed by atoms with Crippen LogP contribution in [0, 0.1) is 6.92 Å². The van der Waals surface area contributed by atoms with Gasteiger partial charge in [0.25, 0.3) is 0 Å². The molecule has 0 fully saturated rings. The SMILES string of the molecule is COCOc1cc(C)ccc1-c1nnc(Cl)c2c1COCC2. The highest BCUT2D eigenvalue weighted by molar-refractivity contribution is 6.30. The van der Waals surface area contributed by atoms with Crippen LogP contribution in [0.2, 0.25) is 5.15 Å². The van der Waals surface area contributed by atoms with Crippen molar-refractivity contribution in [2.75, 3.05) is 20.5 Å². The molecular formula is C16H17ClN2O3. The van der Waals surface area contributed by atoms with Gasteiger partial charge in [0, 0.05) is 23.8 Å². The number of hydrogen-bond donors (Lipinski definition) is 0. The summed E-state index contributed by atoms with van der Waals surface area (Å²) in [6.07, 6.45) is 0.747. The van der Waals surface area contributed by atoms with Crippen molar-refractivity contribution >= 4 is 11.6 Å². The van der Waals surface area contributed by atoms with Gasteiger partial charge in [0.1, 0.15) is 11.4 Å². The van der Waals surface area contributed by atoms with Gasteiger partial charge in [0.15, 0.2) is 11.9 Å². The van der Waals surface area contributed by atoms with Gasteiger partial charge in [-0.15, -0.1) is 10.2 Å². The first-order valence-electron chi connectivity index (χ1n) is 7.05. The van der Waals surface area contributed by atoms with E-state index in [0.717, 1.165) is 34.4 Å². The van der Waals surface area contributed by atoms with Crippen LogP contribution in [0.4, 0.5) is 0 Å². The van der Waals surface area contributed by atoms with Gasteiger partial charge in [-0.3, -0.25) is 0 Å². The van der Waals surface area contributed by atoms with Crippen LogP contribution in [-0.2, 0) is 22.5 Å². The highest BCUT2D eigenvalue weighted by atomic mass is 35.5. The summed E-state index contributed by atoms with van der Waals surface area (Å²) in [5, 5.41) is 8.82. The van der Waals surface area contributed by atoms with Gasteiger partial charge in [-0.1, -0.05) is 17.7 Å². The van der Waals surface area contributed by atoms with Crippen LogP contribution in [-0.4, -0.2) is 30.7 Å². The lowest BCUT2D eigenvalue weighted by atomic mass is 9.98. The van der Waals surface area contributed by atoms with Crippen LogP contribution in [0.3, 0.4) is 0 Å². The number of hydrogen-bond acceptors (Lipinski definition) is 5. The van der Waals surface area contributed by atoms with Crippen molar-refractivity contribution in [1.82, 2.24) is 10.2 Å². The van der Waals surface area contributed by atoms with Crippen molar-refractivity contribution in [1.29, 1.82) is 0 Å². The number of halogens is 1.